The molecule has 2 N–H and O–H groups in total. The summed E-state index contributed by atoms with van der Waals surface area (Å²) in [5.41, 5.74) is 8.59. The summed E-state index contributed by atoms with van der Waals surface area (Å²) < 4.78 is 25.6. The second kappa shape index (κ2) is 9.60. The van der Waals surface area contributed by atoms with Crippen molar-refractivity contribution in [1.29, 1.82) is 0 Å². The third-order valence-electron chi connectivity index (χ3n) is 5.69. The van der Waals surface area contributed by atoms with Crippen LogP contribution in [0.5, 0.6) is 11.5 Å². The largest absolute Gasteiger partial charge is 0.497 e. The Bertz CT molecular complexity index is 1390. The van der Waals surface area contributed by atoms with E-state index in [1.165, 1.54) is 10.7 Å². The Hall–Kier alpha value is -4.17. The number of methoxy groups -OCH3 is 2. The van der Waals surface area contributed by atoms with E-state index in [1.54, 1.807) is 20.4 Å². The number of halogens is 2. The number of nitrogens with zero attached hydrogens (tertiary/aromatic N) is 3. The highest BCUT2D eigenvalue weighted by Gasteiger charge is 2.21. The minimum atomic E-state index is -0.521. The summed E-state index contributed by atoms with van der Waals surface area (Å²) in [6, 6.07) is 20.4. The van der Waals surface area contributed by atoms with Crippen molar-refractivity contribution in [2.45, 2.75) is 6.54 Å². The summed E-state index contributed by atoms with van der Waals surface area (Å²) in [5.74, 6) is 0.938. The lowest BCUT2D eigenvalue weighted by atomic mass is 10.1. The molecule has 0 radical (unpaired) electrons. The number of hydrogen-bond donors (Lipinski definition) is 2. The van der Waals surface area contributed by atoms with E-state index in [0.717, 1.165) is 45.4 Å². The predicted molar refractivity (Wildman–Crippen MR) is 135 cm³/mol. The summed E-state index contributed by atoms with van der Waals surface area (Å²) >= 11 is 6.58. The van der Waals surface area contributed by atoms with E-state index in [-0.39, 0.29) is 0 Å². The lowest BCUT2D eigenvalue weighted by molar-refractivity contribution is 0.390. The van der Waals surface area contributed by atoms with Crippen molar-refractivity contribution in [2.24, 2.45) is 0 Å². The van der Waals surface area contributed by atoms with Crippen LogP contribution in [0.1, 0.15) is 11.1 Å². The van der Waals surface area contributed by atoms with Crippen LogP contribution in [-0.4, -0.2) is 24.0 Å². The van der Waals surface area contributed by atoms with Crippen molar-refractivity contribution in [1.82, 2.24) is 15.1 Å². The van der Waals surface area contributed by atoms with Crippen LogP contribution in [0.15, 0.2) is 79.1 Å². The molecule has 0 unspecified atom stereocenters. The Labute approximate surface area is 207 Å². The van der Waals surface area contributed by atoms with Gasteiger partial charge in [-0.2, -0.15) is 4.39 Å². The fraction of sp³-hybridized carbons (Fsp3) is 0.115. The van der Waals surface area contributed by atoms with Gasteiger partial charge in [0.05, 0.1) is 48.2 Å². The molecule has 0 saturated heterocycles. The van der Waals surface area contributed by atoms with E-state index in [0.29, 0.717) is 11.6 Å². The summed E-state index contributed by atoms with van der Waals surface area (Å²) in [5, 5.41) is 9.86. The maximum atomic E-state index is 13.3. The first-order valence-electron chi connectivity index (χ1n) is 10.9. The summed E-state index contributed by atoms with van der Waals surface area (Å²) in [4.78, 5) is 0. The van der Waals surface area contributed by atoms with Crippen LogP contribution < -0.4 is 25.2 Å². The first-order valence-corrected chi connectivity index (χ1v) is 11.3. The molecular formula is C26H23ClFN5O2. The fourth-order valence-electron chi connectivity index (χ4n) is 3.92. The van der Waals surface area contributed by atoms with Crippen molar-refractivity contribution in [2.75, 3.05) is 24.7 Å². The van der Waals surface area contributed by atoms with Crippen LogP contribution in [0.25, 0.3) is 11.4 Å². The third kappa shape index (κ3) is 4.61. The van der Waals surface area contributed by atoms with Gasteiger partial charge in [0.1, 0.15) is 11.5 Å². The Morgan fingerprint density at radius 3 is 2.51 bits per heavy atom. The first-order chi connectivity index (χ1) is 17.1. The number of hydrogen-bond acceptors (Lipinski definition) is 6. The zero-order chi connectivity index (χ0) is 24.4. The molecule has 0 fully saturated rings. The van der Waals surface area contributed by atoms with Gasteiger partial charge >= 0.3 is 0 Å². The molecule has 0 saturated carbocycles. The minimum absolute atomic E-state index is 0.515. The van der Waals surface area contributed by atoms with Crippen LogP contribution >= 0.6 is 11.6 Å². The van der Waals surface area contributed by atoms with Gasteiger partial charge in [-0.15, -0.1) is 5.10 Å². The van der Waals surface area contributed by atoms with Gasteiger partial charge in [-0.25, -0.2) is 4.68 Å². The first kappa shape index (κ1) is 22.6. The number of hydrazine groups is 1. The molecule has 0 bridgehead atoms. The van der Waals surface area contributed by atoms with Gasteiger partial charge in [0, 0.05) is 36.0 Å². The zero-order valence-electron chi connectivity index (χ0n) is 19.1. The van der Waals surface area contributed by atoms with Gasteiger partial charge < -0.3 is 14.8 Å². The molecule has 4 aromatic rings. The van der Waals surface area contributed by atoms with Crippen molar-refractivity contribution in [3.63, 3.8) is 0 Å². The van der Waals surface area contributed by atoms with Gasteiger partial charge in [-0.3, -0.25) is 10.4 Å². The molecular weight excluding hydrogens is 469 g/mol. The van der Waals surface area contributed by atoms with Crippen LogP contribution in [-0.2, 0) is 6.54 Å². The topological polar surface area (TPSA) is 63.6 Å². The Balaban J connectivity index is 1.44. The molecule has 9 heteroatoms. The highest BCUT2D eigenvalue weighted by atomic mass is 35.5. The van der Waals surface area contributed by atoms with Gasteiger partial charge in [0.2, 0.25) is 5.95 Å². The predicted octanol–water partition coefficient (Wildman–Crippen LogP) is 5.62. The van der Waals surface area contributed by atoms with E-state index in [2.05, 4.69) is 15.8 Å². The molecule has 0 amide bonds. The molecule has 0 spiro atoms. The van der Waals surface area contributed by atoms with E-state index < -0.39 is 5.95 Å². The van der Waals surface area contributed by atoms with Crippen LogP contribution in [0.3, 0.4) is 0 Å². The molecule has 1 aliphatic heterocycles. The van der Waals surface area contributed by atoms with Gasteiger partial charge in [-0.05, 0) is 48.5 Å². The Morgan fingerprint density at radius 1 is 1.00 bits per heavy atom. The van der Waals surface area contributed by atoms with Crippen molar-refractivity contribution < 1.29 is 13.9 Å². The van der Waals surface area contributed by atoms with Gasteiger partial charge in [0.25, 0.3) is 0 Å². The highest BCUT2D eigenvalue weighted by Crippen LogP contribution is 2.36. The number of nitrogens with one attached hydrogen (secondary N) is 2. The molecule has 2 heterocycles. The van der Waals surface area contributed by atoms with Crippen LogP contribution in [0, 0.1) is 5.95 Å². The SMILES string of the molecule is COc1ccc(CNC2=CN(c3ccc(-n4ccc(F)n4)cc3)Nc3cccc(Cl)c32)c(OC)c1. The average Bonchev–Trinajstić information content (AvgIpc) is 3.33. The molecule has 5 rings (SSSR count). The second-order valence-electron chi connectivity index (χ2n) is 7.82. The zero-order valence-corrected chi connectivity index (χ0v) is 19.9. The van der Waals surface area contributed by atoms with E-state index >= 15 is 0 Å². The Morgan fingerprint density at radius 2 is 1.80 bits per heavy atom. The van der Waals surface area contributed by atoms with Crippen molar-refractivity contribution in [3.05, 3.63) is 101 Å². The normalized spacial score (nSPS) is 12.5. The second-order valence-corrected chi connectivity index (χ2v) is 8.22. The quantitative estimate of drug-likeness (QED) is 0.350. The molecule has 0 aliphatic carbocycles. The molecule has 178 valence electrons. The number of rotatable bonds is 7. The number of benzene rings is 3. The lowest BCUT2D eigenvalue weighted by Crippen LogP contribution is -2.31. The summed E-state index contributed by atoms with van der Waals surface area (Å²) in [7, 11) is 3.26. The Kier molecular flexibility index (Phi) is 6.20. The highest BCUT2D eigenvalue weighted by molar-refractivity contribution is 6.33. The van der Waals surface area contributed by atoms with E-state index in [4.69, 9.17) is 21.1 Å². The van der Waals surface area contributed by atoms with E-state index in [1.807, 2.05) is 71.9 Å². The number of aromatic nitrogens is 2. The maximum absolute atomic E-state index is 13.3. The van der Waals surface area contributed by atoms with Crippen LogP contribution in [0.2, 0.25) is 5.02 Å². The molecule has 3 aromatic carbocycles. The molecule has 1 aliphatic rings. The van der Waals surface area contributed by atoms with Gasteiger partial charge in [0.15, 0.2) is 0 Å². The molecule has 35 heavy (non-hydrogen) atoms. The number of anilines is 2. The minimum Gasteiger partial charge on any atom is -0.497 e. The van der Waals surface area contributed by atoms with Crippen molar-refractivity contribution in [3.8, 4) is 17.2 Å². The average molecular weight is 492 g/mol. The van der Waals surface area contributed by atoms with E-state index in [9.17, 15) is 4.39 Å². The smallest absolute Gasteiger partial charge is 0.233 e. The number of ether oxygens (including phenoxy) is 2. The third-order valence-corrected chi connectivity index (χ3v) is 6.01. The van der Waals surface area contributed by atoms with Crippen LogP contribution in [0.4, 0.5) is 15.8 Å². The lowest BCUT2D eigenvalue weighted by Gasteiger charge is -2.31. The van der Waals surface area contributed by atoms with Gasteiger partial charge in [-0.1, -0.05) is 17.7 Å². The monoisotopic (exact) mass is 491 g/mol. The summed E-state index contributed by atoms with van der Waals surface area (Å²) in [6.45, 7) is 0.515. The van der Waals surface area contributed by atoms with Crippen molar-refractivity contribution >= 4 is 28.7 Å². The maximum Gasteiger partial charge on any atom is 0.233 e. The number of fused-ring (bicyclic) bond motifs is 1. The molecule has 1 aromatic heterocycles. The standard InChI is InChI=1S/C26H23ClFN5O2/c1-34-20-11-6-17(24(14-20)35-2)15-29-23-16-33(30-22-5-3-4-21(27)26(22)23)19-9-7-18(8-10-19)32-13-12-25(28)31-32/h3-14,16,29-30H,15H2,1-2H3. The summed E-state index contributed by atoms with van der Waals surface area (Å²) in [6.07, 6.45) is 3.53. The fourth-order valence-corrected chi connectivity index (χ4v) is 4.20. The molecule has 0 atom stereocenters. The molecule has 7 nitrogen and oxygen atoms in total.